The number of amides is 1. The number of carbonyl (C=O) groups excluding carboxylic acids is 1. The standard InChI is InChI=1S/C51H87NO/c1-11-15-17-19-22-36-49(33-16-12-2)37-29-32-45(7)31-24-25-34-47(14-4)39-40-48(30-13-3)35-23-20-18-21-28-42-52-50(53)38-26-27-41-51(9,10)43-46(8)44(5)6/h12,14,16,25,29,33-34,37,48-49H,2,5,7-8,11,13,15,17-24,26-28,30-32,35-36,38-43H2,1,3-4,6,9-10H3,(H,52,53)/b33-16+,34-25-,37-29-,47-14+. The number of allylic oxidation sites excluding steroid dienone is 12. The van der Waals surface area contributed by atoms with Gasteiger partial charge in [-0.2, -0.15) is 0 Å². The van der Waals surface area contributed by atoms with Crippen molar-refractivity contribution in [2.24, 2.45) is 17.3 Å². The van der Waals surface area contributed by atoms with Crippen molar-refractivity contribution >= 4 is 5.91 Å². The van der Waals surface area contributed by atoms with Crippen LogP contribution in [0.1, 0.15) is 196 Å². The van der Waals surface area contributed by atoms with Gasteiger partial charge in [-0.05, 0) is 95.3 Å². The number of rotatable bonds is 36. The molecule has 0 bridgehead atoms. The van der Waals surface area contributed by atoms with Crippen molar-refractivity contribution in [1.29, 1.82) is 0 Å². The minimum Gasteiger partial charge on any atom is -0.356 e. The SMILES string of the molecule is C=C/C=C/C(/C=C\CC(=C)CC/C=C\C(=C/C)CCC(CCC)CCCCCCCNC(=O)CCCCC(C)(C)CC(=C)C(=C)C)CCCCCCC. The fourth-order valence-electron chi connectivity index (χ4n) is 7.14. The minimum absolute atomic E-state index is 0.213. The summed E-state index contributed by atoms with van der Waals surface area (Å²) in [5, 5.41) is 3.15. The van der Waals surface area contributed by atoms with Crippen molar-refractivity contribution in [1.82, 2.24) is 5.32 Å². The number of hydrogen-bond acceptors (Lipinski definition) is 1. The highest BCUT2D eigenvalue weighted by Crippen LogP contribution is 2.32. The third-order valence-corrected chi connectivity index (χ3v) is 10.7. The van der Waals surface area contributed by atoms with E-state index in [0.29, 0.717) is 12.3 Å². The summed E-state index contributed by atoms with van der Waals surface area (Å²) in [7, 11) is 0. The summed E-state index contributed by atoms with van der Waals surface area (Å²) in [6, 6.07) is 0. The van der Waals surface area contributed by atoms with Gasteiger partial charge in [0.2, 0.25) is 5.91 Å². The van der Waals surface area contributed by atoms with Crippen molar-refractivity contribution in [3.63, 3.8) is 0 Å². The average Bonchev–Trinajstić information content (AvgIpc) is 3.12. The molecule has 0 aromatic rings. The Morgan fingerprint density at radius 3 is 2.13 bits per heavy atom. The van der Waals surface area contributed by atoms with E-state index in [1.165, 1.54) is 107 Å². The Balaban J connectivity index is 4.22. The molecule has 0 aromatic heterocycles. The first kappa shape index (κ1) is 50.4. The van der Waals surface area contributed by atoms with E-state index in [-0.39, 0.29) is 11.3 Å². The fraction of sp³-hybridized carbons (Fsp3) is 0.667. The maximum Gasteiger partial charge on any atom is 0.219 e. The second-order valence-electron chi connectivity index (χ2n) is 16.7. The molecule has 0 rings (SSSR count). The molecule has 0 radical (unpaired) electrons. The van der Waals surface area contributed by atoms with Crippen molar-refractivity contribution in [3.8, 4) is 0 Å². The topological polar surface area (TPSA) is 29.1 Å². The molecule has 0 aliphatic rings. The predicted molar refractivity (Wildman–Crippen MR) is 240 cm³/mol. The molecule has 0 aliphatic carbocycles. The van der Waals surface area contributed by atoms with Gasteiger partial charge in [0.15, 0.2) is 0 Å². The lowest BCUT2D eigenvalue weighted by Crippen LogP contribution is -2.24. The Bertz CT molecular complexity index is 1110. The number of unbranched alkanes of at least 4 members (excludes halogenated alkanes) is 9. The van der Waals surface area contributed by atoms with Crippen LogP contribution in [-0.4, -0.2) is 12.5 Å². The van der Waals surface area contributed by atoms with E-state index >= 15 is 0 Å². The molecule has 2 atom stereocenters. The highest BCUT2D eigenvalue weighted by Gasteiger charge is 2.19. The van der Waals surface area contributed by atoms with Crippen LogP contribution in [-0.2, 0) is 4.79 Å². The predicted octanol–water partition coefficient (Wildman–Crippen LogP) is 16.3. The van der Waals surface area contributed by atoms with Crippen molar-refractivity contribution in [2.45, 2.75) is 196 Å². The van der Waals surface area contributed by atoms with Gasteiger partial charge in [0.05, 0.1) is 0 Å². The van der Waals surface area contributed by atoms with Gasteiger partial charge in [-0.25, -0.2) is 0 Å². The Morgan fingerprint density at radius 1 is 0.755 bits per heavy atom. The van der Waals surface area contributed by atoms with E-state index in [4.69, 9.17) is 0 Å². The molecule has 0 saturated carbocycles. The zero-order chi connectivity index (χ0) is 39.6. The molecule has 0 fully saturated rings. The first-order valence-corrected chi connectivity index (χ1v) is 22.0. The third kappa shape index (κ3) is 31.4. The van der Waals surface area contributed by atoms with Gasteiger partial charge in [-0.15, -0.1) is 0 Å². The highest BCUT2D eigenvalue weighted by atomic mass is 16.1. The van der Waals surface area contributed by atoms with E-state index in [9.17, 15) is 4.79 Å². The van der Waals surface area contributed by atoms with Gasteiger partial charge in [0, 0.05) is 13.0 Å². The summed E-state index contributed by atoms with van der Waals surface area (Å²) in [6.45, 7) is 30.6. The zero-order valence-electron chi connectivity index (χ0n) is 36.2. The van der Waals surface area contributed by atoms with E-state index in [1.54, 1.807) is 0 Å². The molecule has 2 unspecified atom stereocenters. The van der Waals surface area contributed by atoms with Crippen LogP contribution in [0.3, 0.4) is 0 Å². The summed E-state index contributed by atoms with van der Waals surface area (Å²) in [5.74, 6) is 1.54. The van der Waals surface area contributed by atoms with Crippen LogP contribution >= 0.6 is 0 Å². The summed E-state index contributed by atoms with van der Waals surface area (Å²) in [4.78, 5) is 12.3. The number of hydrogen-bond donors (Lipinski definition) is 1. The normalized spacial score (nSPS) is 13.6. The lowest BCUT2D eigenvalue weighted by Gasteiger charge is -2.26. The molecule has 2 nitrogen and oxygen atoms in total. The molecule has 53 heavy (non-hydrogen) atoms. The van der Waals surface area contributed by atoms with E-state index in [0.717, 1.165) is 75.0 Å². The van der Waals surface area contributed by atoms with Crippen LogP contribution in [0.2, 0.25) is 0 Å². The van der Waals surface area contributed by atoms with Crippen LogP contribution < -0.4 is 5.32 Å². The molecule has 0 aromatic carbocycles. The molecule has 2 heteroatoms. The average molecular weight is 730 g/mol. The van der Waals surface area contributed by atoms with E-state index in [1.807, 2.05) is 13.0 Å². The van der Waals surface area contributed by atoms with E-state index < -0.39 is 0 Å². The highest BCUT2D eigenvalue weighted by molar-refractivity contribution is 5.75. The lowest BCUT2D eigenvalue weighted by molar-refractivity contribution is -0.121. The molecule has 1 amide bonds. The molecular formula is C51H87NO. The van der Waals surface area contributed by atoms with E-state index in [2.05, 4.69) is 109 Å². The van der Waals surface area contributed by atoms with Gasteiger partial charge < -0.3 is 5.32 Å². The number of nitrogens with one attached hydrogen (secondary N) is 1. The van der Waals surface area contributed by atoms with Crippen molar-refractivity contribution < 1.29 is 4.79 Å². The summed E-state index contributed by atoms with van der Waals surface area (Å²) >= 11 is 0. The van der Waals surface area contributed by atoms with Gasteiger partial charge in [0.25, 0.3) is 0 Å². The Hall–Kier alpha value is -2.61. The molecule has 0 heterocycles. The Morgan fingerprint density at radius 2 is 1.45 bits per heavy atom. The minimum atomic E-state index is 0.213. The zero-order valence-corrected chi connectivity index (χ0v) is 36.2. The maximum absolute atomic E-state index is 12.3. The summed E-state index contributed by atoms with van der Waals surface area (Å²) in [5.41, 5.74) is 5.23. The second kappa shape index (κ2) is 33.9. The Kier molecular flexibility index (Phi) is 32.3. The molecule has 1 N–H and O–H groups in total. The van der Waals surface area contributed by atoms with Gasteiger partial charge in [-0.3, -0.25) is 4.79 Å². The number of carbonyl (C=O) groups is 1. The van der Waals surface area contributed by atoms with Crippen LogP contribution in [0, 0.1) is 17.3 Å². The molecular weight excluding hydrogens is 643 g/mol. The third-order valence-electron chi connectivity index (χ3n) is 10.7. The molecule has 302 valence electrons. The van der Waals surface area contributed by atoms with Gasteiger partial charge in [0.1, 0.15) is 0 Å². The van der Waals surface area contributed by atoms with Crippen molar-refractivity contribution in [2.75, 3.05) is 6.54 Å². The Labute approximate surface area is 331 Å². The quantitative estimate of drug-likeness (QED) is 0.0388. The fourth-order valence-corrected chi connectivity index (χ4v) is 7.14. The summed E-state index contributed by atoms with van der Waals surface area (Å²) in [6.07, 6.45) is 46.4. The van der Waals surface area contributed by atoms with Crippen LogP contribution in [0.25, 0.3) is 0 Å². The second-order valence-corrected chi connectivity index (χ2v) is 16.7. The molecule has 0 aliphatic heterocycles. The van der Waals surface area contributed by atoms with Crippen LogP contribution in [0.4, 0.5) is 0 Å². The lowest BCUT2D eigenvalue weighted by atomic mass is 9.80. The van der Waals surface area contributed by atoms with Crippen LogP contribution in [0.5, 0.6) is 0 Å². The first-order valence-electron chi connectivity index (χ1n) is 22.0. The van der Waals surface area contributed by atoms with Gasteiger partial charge in [-0.1, -0.05) is 208 Å². The first-order chi connectivity index (χ1) is 25.5. The van der Waals surface area contributed by atoms with Crippen molar-refractivity contribution in [3.05, 3.63) is 97.2 Å². The molecule has 0 spiro atoms. The van der Waals surface area contributed by atoms with Crippen LogP contribution in [0.15, 0.2) is 97.2 Å². The largest absolute Gasteiger partial charge is 0.356 e. The summed E-state index contributed by atoms with van der Waals surface area (Å²) < 4.78 is 0. The molecule has 0 saturated heterocycles. The maximum atomic E-state index is 12.3. The smallest absolute Gasteiger partial charge is 0.219 e. The monoisotopic (exact) mass is 730 g/mol. The van der Waals surface area contributed by atoms with Gasteiger partial charge >= 0.3 is 0 Å².